The smallest absolute Gasteiger partial charge is 0.238 e. The molecule has 142 valence electrons. The molecule has 4 nitrogen and oxygen atoms in total. The second kappa shape index (κ2) is 8.68. The lowest BCUT2D eigenvalue weighted by molar-refractivity contribution is -0.117. The molecule has 0 radical (unpaired) electrons. The highest BCUT2D eigenvalue weighted by molar-refractivity contribution is 5.92. The van der Waals surface area contributed by atoms with Crippen LogP contribution in [0.5, 0.6) is 0 Å². The van der Waals surface area contributed by atoms with Crippen LogP contribution in [0.3, 0.4) is 0 Å². The van der Waals surface area contributed by atoms with Gasteiger partial charge >= 0.3 is 0 Å². The Balaban J connectivity index is 1.37. The monoisotopic (exact) mass is 363 g/mol. The summed E-state index contributed by atoms with van der Waals surface area (Å²) in [5.41, 5.74) is 2.26. The number of benzene rings is 2. The van der Waals surface area contributed by atoms with Crippen molar-refractivity contribution in [2.75, 3.05) is 25.0 Å². The quantitative estimate of drug-likeness (QED) is 0.849. The molecule has 1 N–H and O–H groups in total. The third kappa shape index (κ3) is 4.57. The molecule has 2 atom stereocenters. The van der Waals surface area contributed by atoms with Gasteiger partial charge < -0.3 is 5.32 Å². The van der Waals surface area contributed by atoms with Crippen LogP contribution in [0.2, 0.25) is 0 Å². The van der Waals surface area contributed by atoms with Gasteiger partial charge in [-0.15, -0.1) is 0 Å². The zero-order valence-electron chi connectivity index (χ0n) is 15.9. The molecule has 0 aliphatic carbocycles. The number of nitrogens with zero attached hydrogens (tertiary/aromatic N) is 2. The molecular weight excluding hydrogens is 334 g/mol. The summed E-state index contributed by atoms with van der Waals surface area (Å²) in [6.45, 7) is 3.71. The van der Waals surface area contributed by atoms with Gasteiger partial charge in [-0.2, -0.15) is 0 Å². The van der Waals surface area contributed by atoms with E-state index in [9.17, 15) is 4.79 Å². The van der Waals surface area contributed by atoms with Gasteiger partial charge in [0, 0.05) is 24.3 Å². The summed E-state index contributed by atoms with van der Waals surface area (Å²) in [5.74, 6) is 0.0979. The van der Waals surface area contributed by atoms with Crippen molar-refractivity contribution in [2.45, 2.75) is 44.3 Å². The first-order chi connectivity index (χ1) is 13.3. The topological polar surface area (TPSA) is 35.6 Å². The van der Waals surface area contributed by atoms with Crippen molar-refractivity contribution in [2.24, 2.45) is 0 Å². The highest BCUT2D eigenvalue weighted by Gasteiger charge is 2.38. The zero-order chi connectivity index (χ0) is 18.5. The highest BCUT2D eigenvalue weighted by Crippen LogP contribution is 2.31. The molecular formula is C23H29N3O. The van der Waals surface area contributed by atoms with Crippen molar-refractivity contribution < 1.29 is 4.79 Å². The summed E-state index contributed by atoms with van der Waals surface area (Å²) in [6, 6.07) is 21.6. The van der Waals surface area contributed by atoms with Crippen LogP contribution < -0.4 is 5.32 Å². The lowest BCUT2D eigenvalue weighted by Gasteiger charge is -2.34. The minimum atomic E-state index is 0.0979. The van der Waals surface area contributed by atoms with Crippen molar-refractivity contribution in [3.05, 3.63) is 66.2 Å². The zero-order valence-corrected chi connectivity index (χ0v) is 15.9. The van der Waals surface area contributed by atoms with E-state index in [0.717, 1.165) is 18.8 Å². The average molecular weight is 364 g/mol. The van der Waals surface area contributed by atoms with E-state index in [1.165, 1.54) is 37.8 Å². The number of hydrogen-bond donors (Lipinski definition) is 1. The van der Waals surface area contributed by atoms with Crippen LogP contribution in [-0.4, -0.2) is 47.4 Å². The van der Waals surface area contributed by atoms with Gasteiger partial charge in [0.05, 0.1) is 6.54 Å². The van der Waals surface area contributed by atoms with Gasteiger partial charge in [0.15, 0.2) is 0 Å². The Morgan fingerprint density at radius 2 is 1.44 bits per heavy atom. The molecule has 4 heteroatoms. The molecule has 2 aromatic rings. The van der Waals surface area contributed by atoms with Gasteiger partial charge in [-0.05, 0) is 56.5 Å². The second-order valence-corrected chi connectivity index (χ2v) is 7.76. The first-order valence-corrected chi connectivity index (χ1v) is 10.2. The fourth-order valence-corrected chi connectivity index (χ4v) is 4.69. The van der Waals surface area contributed by atoms with E-state index in [1.54, 1.807) is 0 Å². The summed E-state index contributed by atoms with van der Waals surface area (Å²) in [5, 5.41) is 3.04. The predicted molar refractivity (Wildman–Crippen MR) is 110 cm³/mol. The lowest BCUT2D eigenvalue weighted by Crippen LogP contribution is -2.48. The van der Waals surface area contributed by atoms with Crippen molar-refractivity contribution >= 4 is 11.6 Å². The molecule has 2 unspecified atom stereocenters. The Morgan fingerprint density at radius 1 is 0.852 bits per heavy atom. The molecule has 0 bridgehead atoms. The van der Waals surface area contributed by atoms with Gasteiger partial charge in [0.25, 0.3) is 0 Å². The molecule has 27 heavy (non-hydrogen) atoms. The van der Waals surface area contributed by atoms with Crippen LogP contribution in [0.4, 0.5) is 5.69 Å². The standard InChI is InChI=1S/C23H29N3O/c27-23(24-20-11-5-2-6-12-20)18-26-16-8-14-22(26)21-13-7-15-25(21)17-19-9-3-1-4-10-19/h1-6,9-12,21-22H,7-8,13-18H2,(H,24,27). The minimum Gasteiger partial charge on any atom is -0.325 e. The highest BCUT2D eigenvalue weighted by atomic mass is 16.2. The second-order valence-electron chi connectivity index (χ2n) is 7.76. The van der Waals surface area contributed by atoms with E-state index in [0.29, 0.717) is 18.6 Å². The van der Waals surface area contributed by atoms with E-state index in [1.807, 2.05) is 30.3 Å². The Kier molecular flexibility index (Phi) is 5.85. The summed E-state index contributed by atoms with van der Waals surface area (Å²) >= 11 is 0. The molecule has 2 fully saturated rings. The maximum Gasteiger partial charge on any atom is 0.238 e. The summed E-state index contributed by atoms with van der Waals surface area (Å²) in [7, 11) is 0. The third-order valence-corrected chi connectivity index (χ3v) is 5.91. The van der Waals surface area contributed by atoms with Crippen molar-refractivity contribution in [3.63, 3.8) is 0 Å². The number of carbonyl (C=O) groups is 1. The van der Waals surface area contributed by atoms with Crippen LogP contribution in [-0.2, 0) is 11.3 Å². The molecule has 4 rings (SSSR count). The van der Waals surface area contributed by atoms with Gasteiger partial charge in [0.1, 0.15) is 0 Å². The number of nitrogens with one attached hydrogen (secondary N) is 1. The minimum absolute atomic E-state index is 0.0979. The SMILES string of the molecule is O=C(CN1CCCC1C1CCCN1Cc1ccccc1)Nc1ccccc1. The van der Waals surface area contributed by atoms with Crippen LogP contribution in [0.15, 0.2) is 60.7 Å². The average Bonchev–Trinajstić information content (AvgIpc) is 3.32. The van der Waals surface area contributed by atoms with Gasteiger partial charge in [-0.25, -0.2) is 0 Å². The molecule has 0 saturated carbocycles. The molecule has 0 spiro atoms. The lowest BCUT2D eigenvalue weighted by atomic mass is 10.0. The molecule has 2 heterocycles. The third-order valence-electron chi connectivity index (χ3n) is 5.91. The molecule has 2 saturated heterocycles. The summed E-state index contributed by atoms with van der Waals surface area (Å²) in [4.78, 5) is 17.6. The fraction of sp³-hybridized carbons (Fsp3) is 0.435. The largest absolute Gasteiger partial charge is 0.325 e. The predicted octanol–water partition coefficient (Wildman–Crippen LogP) is 3.75. The van der Waals surface area contributed by atoms with Crippen LogP contribution in [0, 0.1) is 0 Å². The Labute approximate surface area is 162 Å². The van der Waals surface area contributed by atoms with Crippen molar-refractivity contribution in [1.82, 2.24) is 9.80 Å². The molecule has 2 aromatic carbocycles. The number of hydrogen-bond acceptors (Lipinski definition) is 3. The van der Waals surface area contributed by atoms with Gasteiger partial charge in [0.2, 0.25) is 5.91 Å². The van der Waals surface area contributed by atoms with E-state index in [2.05, 4.69) is 45.4 Å². The van der Waals surface area contributed by atoms with Crippen LogP contribution >= 0.6 is 0 Å². The Hall–Kier alpha value is -2.17. The fourth-order valence-electron chi connectivity index (χ4n) is 4.69. The van der Waals surface area contributed by atoms with Crippen LogP contribution in [0.1, 0.15) is 31.2 Å². The first-order valence-electron chi connectivity index (χ1n) is 10.2. The van der Waals surface area contributed by atoms with Crippen molar-refractivity contribution in [1.29, 1.82) is 0 Å². The number of anilines is 1. The van der Waals surface area contributed by atoms with Crippen LogP contribution in [0.25, 0.3) is 0 Å². The number of likely N-dealkylation sites (tertiary alicyclic amines) is 2. The Morgan fingerprint density at radius 3 is 2.15 bits per heavy atom. The number of rotatable bonds is 6. The molecule has 0 aromatic heterocycles. The number of para-hydroxylation sites is 1. The van der Waals surface area contributed by atoms with Crippen molar-refractivity contribution in [3.8, 4) is 0 Å². The normalized spacial score (nSPS) is 23.6. The maximum atomic E-state index is 12.5. The van der Waals surface area contributed by atoms with Gasteiger partial charge in [-0.3, -0.25) is 14.6 Å². The van der Waals surface area contributed by atoms with E-state index >= 15 is 0 Å². The summed E-state index contributed by atoms with van der Waals surface area (Å²) in [6.07, 6.45) is 4.90. The molecule has 2 aliphatic rings. The number of amides is 1. The first kappa shape index (κ1) is 18.2. The number of carbonyl (C=O) groups excluding carboxylic acids is 1. The maximum absolute atomic E-state index is 12.5. The summed E-state index contributed by atoms with van der Waals surface area (Å²) < 4.78 is 0. The molecule has 1 amide bonds. The van der Waals surface area contributed by atoms with Gasteiger partial charge in [-0.1, -0.05) is 48.5 Å². The van der Waals surface area contributed by atoms with E-state index < -0.39 is 0 Å². The van der Waals surface area contributed by atoms with E-state index in [-0.39, 0.29) is 5.91 Å². The van der Waals surface area contributed by atoms with E-state index in [4.69, 9.17) is 0 Å². The Bertz CT molecular complexity index is 734. The molecule has 2 aliphatic heterocycles.